The second kappa shape index (κ2) is 13.6. The summed E-state index contributed by atoms with van der Waals surface area (Å²) in [5.41, 5.74) is 2.53. The smallest absolute Gasteiger partial charge is 0.193 e. The molecule has 0 spiro atoms. The molecule has 8 heteroatoms. The Labute approximate surface area is 213 Å². The van der Waals surface area contributed by atoms with Gasteiger partial charge in [0, 0.05) is 43.5 Å². The SMILES string of the molecule is CCNC(=NCC1CCN(Cc2csc(C)n2)CC1)N(C)Cc1ccc(SC)cc1.I. The highest BCUT2D eigenvalue weighted by Crippen LogP contribution is 2.20. The Hall–Kier alpha value is -0.840. The largest absolute Gasteiger partial charge is 0.357 e. The molecule has 1 aromatic heterocycles. The van der Waals surface area contributed by atoms with Gasteiger partial charge in [0.25, 0.3) is 0 Å². The fourth-order valence-corrected chi connectivity index (χ4v) is 4.81. The number of aromatic nitrogens is 1. The maximum absolute atomic E-state index is 4.98. The van der Waals surface area contributed by atoms with Crippen LogP contribution in [0, 0.1) is 12.8 Å². The first-order valence-corrected chi connectivity index (χ1v) is 12.9. The van der Waals surface area contributed by atoms with Crippen LogP contribution >= 0.6 is 47.1 Å². The van der Waals surface area contributed by atoms with Gasteiger partial charge in [-0.2, -0.15) is 0 Å². The molecular formula is C23H36IN5S2. The van der Waals surface area contributed by atoms with Gasteiger partial charge in [-0.3, -0.25) is 9.89 Å². The summed E-state index contributed by atoms with van der Waals surface area (Å²) in [6, 6.07) is 8.81. The highest BCUT2D eigenvalue weighted by Gasteiger charge is 2.20. The Balaban J connectivity index is 0.00000341. The monoisotopic (exact) mass is 573 g/mol. The van der Waals surface area contributed by atoms with Crippen molar-refractivity contribution in [1.29, 1.82) is 0 Å². The first kappa shape index (κ1) is 26.4. The van der Waals surface area contributed by atoms with Gasteiger partial charge in [-0.15, -0.1) is 47.1 Å². The molecule has 1 aliphatic rings. The van der Waals surface area contributed by atoms with Gasteiger partial charge in [-0.25, -0.2) is 4.98 Å². The first-order chi connectivity index (χ1) is 14.6. The lowest BCUT2D eigenvalue weighted by molar-refractivity contribution is 0.179. The van der Waals surface area contributed by atoms with Gasteiger partial charge in [0.05, 0.1) is 10.7 Å². The number of nitrogens with one attached hydrogen (secondary N) is 1. The molecule has 31 heavy (non-hydrogen) atoms. The summed E-state index contributed by atoms with van der Waals surface area (Å²) in [4.78, 5) is 15.7. The van der Waals surface area contributed by atoms with Crippen molar-refractivity contribution in [1.82, 2.24) is 20.1 Å². The first-order valence-electron chi connectivity index (χ1n) is 10.8. The molecule has 3 rings (SSSR count). The molecule has 0 unspecified atom stereocenters. The van der Waals surface area contributed by atoms with Crippen LogP contribution in [0.1, 0.15) is 36.0 Å². The predicted molar refractivity (Wildman–Crippen MR) is 146 cm³/mol. The van der Waals surface area contributed by atoms with E-state index in [1.54, 1.807) is 23.1 Å². The lowest BCUT2D eigenvalue weighted by Crippen LogP contribution is -2.39. The van der Waals surface area contributed by atoms with Crippen LogP contribution < -0.4 is 5.32 Å². The van der Waals surface area contributed by atoms with E-state index in [4.69, 9.17) is 4.99 Å². The predicted octanol–water partition coefficient (Wildman–Crippen LogP) is 5.10. The number of thioether (sulfide) groups is 1. The normalized spacial score (nSPS) is 15.5. The summed E-state index contributed by atoms with van der Waals surface area (Å²) < 4.78 is 0. The van der Waals surface area contributed by atoms with E-state index >= 15 is 0 Å². The Morgan fingerprint density at radius 1 is 1.29 bits per heavy atom. The van der Waals surface area contributed by atoms with E-state index in [-0.39, 0.29) is 24.0 Å². The van der Waals surface area contributed by atoms with Gasteiger partial charge in [0.1, 0.15) is 0 Å². The second-order valence-electron chi connectivity index (χ2n) is 7.98. The number of hydrogen-bond donors (Lipinski definition) is 1. The van der Waals surface area contributed by atoms with E-state index in [1.165, 1.54) is 29.0 Å². The van der Waals surface area contributed by atoms with Crippen LogP contribution in [-0.2, 0) is 13.1 Å². The minimum Gasteiger partial charge on any atom is -0.357 e. The van der Waals surface area contributed by atoms with Crippen LogP contribution in [0.25, 0.3) is 0 Å². The standard InChI is InChI=1S/C23H35N5S2.HI/c1-5-24-23(27(3)15-20-6-8-22(29-4)9-7-20)25-14-19-10-12-28(13-11-19)16-21-17-30-18(2)26-21;/h6-9,17,19H,5,10-16H2,1-4H3,(H,24,25);1H. The highest BCUT2D eigenvalue weighted by atomic mass is 127. The number of halogens is 1. The molecule has 1 N–H and O–H groups in total. The summed E-state index contributed by atoms with van der Waals surface area (Å²) in [7, 11) is 2.13. The van der Waals surface area contributed by atoms with Crippen molar-refractivity contribution in [2.24, 2.45) is 10.9 Å². The minimum absolute atomic E-state index is 0. The fraction of sp³-hybridized carbons (Fsp3) is 0.565. The van der Waals surface area contributed by atoms with Crippen LogP contribution in [0.2, 0.25) is 0 Å². The summed E-state index contributed by atoms with van der Waals surface area (Å²) in [5, 5.41) is 6.82. The number of thiazole rings is 1. The van der Waals surface area contributed by atoms with Crippen molar-refractivity contribution in [3.05, 3.63) is 45.9 Å². The van der Waals surface area contributed by atoms with Crippen LogP contribution in [-0.4, -0.2) is 60.2 Å². The lowest BCUT2D eigenvalue weighted by atomic mass is 9.97. The van der Waals surface area contributed by atoms with Crippen molar-refractivity contribution < 1.29 is 0 Å². The minimum atomic E-state index is 0. The average Bonchev–Trinajstić information content (AvgIpc) is 3.17. The number of guanidine groups is 1. The Bertz CT molecular complexity index is 801. The summed E-state index contributed by atoms with van der Waals surface area (Å²) in [6.45, 7) is 10.1. The number of likely N-dealkylation sites (tertiary alicyclic amines) is 1. The Kier molecular flexibility index (Phi) is 11.6. The molecule has 0 amide bonds. The third-order valence-electron chi connectivity index (χ3n) is 5.53. The number of rotatable bonds is 8. The van der Waals surface area contributed by atoms with E-state index in [1.807, 2.05) is 0 Å². The quantitative estimate of drug-likeness (QED) is 0.206. The third kappa shape index (κ3) is 8.55. The zero-order chi connectivity index (χ0) is 21.3. The molecule has 1 aliphatic heterocycles. The lowest BCUT2D eigenvalue weighted by Gasteiger charge is -2.31. The van der Waals surface area contributed by atoms with Crippen molar-refractivity contribution in [2.75, 3.05) is 39.5 Å². The zero-order valence-corrected chi connectivity index (χ0v) is 23.1. The number of aliphatic imine (C=N–C) groups is 1. The van der Waals surface area contributed by atoms with Gasteiger partial charge in [0.2, 0.25) is 0 Å². The van der Waals surface area contributed by atoms with Gasteiger partial charge in [-0.05, 0) is 69.6 Å². The number of nitrogens with zero attached hydrogens (tertiary/aromatic N) is 4. The molecule has 1 saturated heterocycles. The van der Waals surface area contributed by atoms with Gasteiger partial charge < -0.3 is 10.2 Å². The molecule has 2 aromatic rings. The van der Waals surface area contributed by atoms with Gasteiger partial charge in [-0.1, -0.05) is 12.1 Å². The summed E-state index contributed by atoms with van der Waals surface area (Å²) in [5.74, 6) is 1.67. The van der Waals surface area contributed by atoms with Crippen LogP contribution in [0.5, 0.6) is 0 Å². The Morgan fingerprint density at radius 2 is 2.00 bits per heavy atom. The number of piperidine rings is 1. The van der Waals surface area contributed by atoms with Crippen LogP contribution in [0.3, 0.4) is 0 Å². The molecule has 1 fully saturated rings. The fourth-order valence-electron chi connectivity index (χ4n) is 3.80. The molecule has 2 heterocycles. The van der Waals surface area contributed by atoms with Gasteiger partial charge >= 0.3 is 0 Å². The highest BCUT2D eigenvalue weighted by molar-refractivity contribution is 14.0. The van der Waals surface area contributed by atoms with Crippen molar-refractivity contribution in [3.63, 3.8) is 0 Å². The van der Waals surface area contributed by atoms with E-state index in [0.29, 0.717) is 5.92 Å². The number of benzene rings is 1. The second-order valence-corrected chi connectivity index (χ2v) is 9.92. The van der Waals surface area contributed by atoms with Crippen molar-refractivity contribution in [3.8, 4) is 0 Å². The van der Waals surface area contributed by atoms with Crippen LogP contribution in [0.4, 0.5) is 0 Å². The Morgan fingerprint density at radius 3 is 2.58 bits per heavy atom. The maximum Gasteiger partial charge on any atom is 0.193 e. The summed E-state index contributed by atoms with van der Waals surface area (Å²) >= 11 is 3.53. The summed E-state index contributed by atoms with van der Waals surface area (Å²) in [6.07, 6.45) is 4.54. The topological polar surface area (TPSA) is 43.8 Å². The van der Waals surface area contributed by atoms with Gasteiger partial charge in [0.15, 0.2) is 5.96 Å². The number of hydrogen-bond acceptors (Lipinski definition) is 5. The van der Waals surface area contributed by atoms with E-state index in [0.717, 1.165) is 50.2 Å². The van der Waals surface area contributed by atoms with Crippen molar-refractivity contribution in [2.45, 2.75) is 44.7 Å². The molecule has 5 nitrogen and oxygen atoms in total. The molecule has 1 aromatic carbocycles. The van der Waals surface area contributed by atoms with E-state index in [9.17, 15) is 0 Å². The molecule has 0 bridgehead atoms. The molecular weight excluding hydrogens is 537 g/mol. The molecule has 172 valence electrons. The molecule has 0 radical (unpaired) electrons. The third-order valence-corrected chi connectivity index (χ3v) is 7.10. The maximum atomic E-state index is 4.98. The van der Waals surface area contributed by atoms with E-state index < -0.39 is 0 Å². The molecule has 0 saturated carbocycles. The molecule has 0 atom stereocenters. The number of aryl methyl sites for hydroxylation is 1. The van der Waals surface area contributed by atoms with E-state index in [2.05, 4.69) is 76.9 Å². The van der Waals surface area contributed by atoms with Crippen molar-refractivity contribution >= 4 is 53.0 Å². The molecule has 0 aliphatic carbocycles. The zero-order valence-electron chi connectivity index (χ0n) is 19.1. The average molecular weight is 574 g/mol. The van der Waals surface area contributed by atoms with Crippen LogP contribution in [0.15, 0.2) is 39.5 Å².